The monoisotopic (exact) mass is 735 g/mol. The van der Waals surface area contributed by atoms with E-state index < -0.39 is 41.5 Å². The average Bonchev–Trinajstić information content (AvgIpc) is 3.59. The van der Waals surface area contributed by atoms with Crippen molar-refractivity contribution < 1.29 is 37.8 Å². The summed E-state index contributed by atoms with van der Waals surface area (Å²) in [6, 6.07) is 6.00. The fourth-order valence-corrected chi connectivity index (χ4v) is 6.18. The number of fused-ring (bicyclic) bond motifs is 1. The van der Waals surface area contributed by atoms with Crippen molar-refractivity contribution in [1.82, 2.24) is 29.5 Å². The average molecular weight is 736 g/mol. The summed E-state index contributed by atoms with van der Waals surface area (Å²) in [6.45, 7) is 3.11. The quantitative estimate of drug-likeness (QED) is 0.112. The summed E-state index contributed by atoms with van der Waals surface area (Å²) >= 11 is 0. The molecule has 3 amide bonds. The number of aliphatic carboxylic acids is 1. The normalized spacial score (nSPS) is 14.2. The summed E-state index contributed by atoms with van der Waals surface area (Å²) in [7, 11) is 1.25. The predicted molar refractivity (Wildman–Crippen MR) is 192 cm³/mol. The number of carboxylic acids is 1. The van der Waals surface area contributed by atoms with Gasteiger partial charge in [-0.1, -0.05) is 6.42 Å². The Morgan fingerprint density at radius 2 is 1.74 bits per heavy atom. The van der Waals surface area contributed by atoms with Gasteiger partial charge in [-0.15, -0.1) is 0 Å². The van der Waals surface area contributed by atoms with E-state index in [9.17, 15) is 33.1 Å². The number of anilines is 2. The van der Waals surface area contributed by atoms with Crippen molar-refractivity contribution in [1.29, 1.82) is 0 Å². The highest BCUT2D eigenvalue weighted by Crippen LogP contribution is 2.32. The number of nitrogens with one attached hydrogen (secondary N) is 2. The largest absolute Gasteiger partial charge is 0.494 e. The Kier molecular flexibility index (Phi) is 12.5. The molecule has 1 saturated heterocycles. The molecule has 282 valence electrons. The standard InChI is InChI=1S/C36H43F2N9O6/c1-21-19-22(43-32-33-42-20-27(47(33)14-13-41-32)24-8-10-28(53-2)31(38)30(24)37)6-7-23(21)35(51)45-15-17-46(18-16-45)36(52)26(9-11-29(48)49)44-34(50)25(40)5-3-4-12-39/h6-8,10,13-14,19-20,25-26H,3-5,9,11-12,15-18,39-40H2,1-2H3,(H,41,43)(H,44,50)(H,48,49)/t25-,26?/m0/s1. The molecule has 5 rings (SSSR count). The highest BCUT2D eigenvalue weighted by Gasteiger charge is 2.32. The number of aromatic nitrogens is 3. The Bertz CT molecular complexity index is 1980. The molecule has 7 N–H and O–H groups in total. The second-order valence-electron chi connectivity index (χ2n) is 12.7. The first-order valence-electron chi connectivity index (χ1n) is 17.2. The van der Waals surface area contributed by atoms with Gasteiger partial charge >= 0.3 is 5.97 Å². The van der Waals surface area contributed by atoms with E-state index in [4.69, 9.17) is 16.2 Å². The number of hydrogen-bond donors (Lipinski definition) is 5. The summed E-state index contributed by atoms with van der Waals surface area (Å²) in [6.07, 6.45) is 5.81. The number of benzene rings is 2. The third-order valence-corrected chi connectivity index (χ3v) is 9.14. The molecule has 53 heavy (non-hydrogen) atoms. The summed E-state index contributed by atoms with van der Waals surface area (Å²) in [4.78, 5) is 62.9. The molecule has 1 unspecified atom stereocenters. The van der Waals surface area contributed by atoms with Crippen LogP contribution in [0.4, 0.5) is 20.3 Å². The number of carboxylic acid groups (broad SMARTS) is 1. The lowest BCUT2D eigenvalue weighted by Gasteiger charge is -2.37. The molecular weight excluding hydrogens is 692 g/mol. The second kappa shape index (κ2) is 17.2. The lowest BCUT2D eigenvalue weighted by atomic mass is 10.0. The van der Waals surface area contributed by atoms with E-state index in [2.05, 4.69) is 20.6 Å². The fourth-order valence-electron chi connectivity index (χ4n) is 6.18. The van der Waals surface area contributed by atoms with Gasteiger partial charge in [-0.3, -0.25) is 23.6 Å². The molecule has 2 aromatic carbocycles. The zero-order valence-electron chi connectivity index (χ0n) is 29.5. The number of unbranched alkanes of at least 4 members (excludes halogenated alkanes) is 1. The van der Waals surface area contributed by atoms with Crippen LogP contribution in [0.25, 0.3) is 16.9 Å². The number of carbonyl (C=O) groups excluding carboxylic acids is 3. The number of piperazine rings is 1. The second-order valence-corrected chi connectivity index (χ2v) is 12.7. The van der Waals surface area contributed by atoms with Crippen molar-refractivity contribution in [2.75, 3.05) is 45.2 Å². The SMILES string of the molecule is COc1ccc(-c2cnc3c(Nc4ccc(C(=O)N5CCN(C(=O)C(CCC(=O)O)NC(=O)[C@@H](N)CCCCN)CC5)c(C)c4)nccn23)c(F)c1F. The van der Waals surface area contributed by atoms with Crippen LogP contribution in [0.2, 0.25) is 0 Å². The summed E-state index contributed by atoms with van der Waals surface area (Å²) in [5.41, 5.74) is 13.9. The van der Waals surface area contributed by atoms with Crippen LogP contribution in [0.15, 0.2) is 48.9 Å². The molecule has 15 nitrogen and oxygen atoms in total. The van der Waals surface area contributed by atoms with Gasteiger partial charge in [-0.25, -0.2) is 14.4 Å². The van der Waals surface area contributed by atoms with Gasteiger partial charge in [0.25, 0.3) is 5.91 Å². The number of imidazole rings is 1. The number of hydrogen-bond acceptors (Lipinski definition) is 10. The maximum absolute atomic E-state index is 14.9. The zero-order chi connectivity index (χ0) is 38.2. The van der Waals surface area contributed by atoms with Crippen LogP contribution >= 0.6 is 0 Å². The van der Waals surface area contributed by atoms with E-state index in [0.717, 1.165) is 0 Å². The van der Waals surface area contributed by atoms with Crippen molar-refractivity contribution in [3.63, 3.8) is 0 Å². The molecule has 0 bridgehead atoms. The minimum atomic E-state index is -1.11. The van der Waals surface area contributed by atoms with E-state index in [-0.39, 0.29) is 56.2 Å². The Hall–Kier alpha value is -5.68. The number of nitrogens with two attached hydrogens (primary N) is 2. The number of ether oxygens (including phenoxy) is 1. The molecule has 2 aromatic heterocycles. The summed E-state index contributed by atoms with van der Waals surface area (Å²) in [5.74, 6) is -4.33. The van der Waals surface area contributed by atoms with Gasteiger partial charge in [0.2, 0.25) is 17.6 Å². The number of rotatable bonds is 15. The molecule has 1 aliphatic heterocycles. The van der Waals surface area contributed by atoms with Crippen LogP contribution in [0.5, 0.6) is 5.75 Å². The smallest absolute Gasteiger partial charge is 0.303 e. The van der Waals surface area contributed by atoms with Crippen molar-refractivity contribution in [3.05, 3.63) is 71.7 Å². The van der Waals surface area contributed by atoms with Crippen LogP contribution in [-0.2, 0) is 14.4 Å². The van der Waals surface area contributed by atoms with Gasteiger partial charge in [-0.05, 0) is 68.6 Å². The van der Waals surface area contributed by atoms with E-state index in [1.165, 1.54) is 36.5 Å². The summed E-state index contributed by atoms with van der Waals surface area (Å²) < 4.78 is 35.8. The van der Waals surface area contributed by atoms with Crippen molar-refractivity contribution in [2.24, 2.45) is 11.5 Å². The first-order chi connectivity index (χ1) is 25.4. The number of methoxy groups -OCH3 is 1. The van der Waals surface area contributed by atoms with E-state index in [0.29, 0.717) is 59.8 Å². The Morgan fingerprint density at radius 3 is 2.42 bits per heavy atom. The Labute approximate surface area is 304 Å². The van der Waals surface area contributed by atoms with Crippen molar-refractivity contribution >= 4 is 40.8 Å². The third kappa shape index (κ3) is 8.86. The number of amides is 3. The number of halogens is 2. The molecule has 1 fully saturated rings. The molecule has 0 aliphatic carbocycles. The molecule has 2 atom stereocenters. The highest BCUT2D eigenvalue weighted by molar-refractivity contribution is 5.96. The van der Waals surface area contributed by atoms with Crippen LogP contribution in [0.1, 0.15) is 48.0 Å². The molecule has 17 heteroatoms. The van der Waals surface area contributed by atoms with Crippen LogP contribution in [0, 0.1) is 18.6 Å². The minimum absolute atomic E-state index is 0.00363. The van der Waals surface area contributed by atoms with Gasteiger partial charge in [0.15, 0.2) is 23.0 Å². The van der Waals surface area contributed by atoms with Gasteiger partial charge in [0.05, 0.1) is 25.0 Å². The van der Waals surface area contributed by atoms with Crippen molar-refractivity contribution in [3.8, 4) is 17.0 Å². The summed E-state index contributed by atoms with van der Waals surface area (Å²) in [5, 5.41) is 15.0. The lowest BCUT2D eigenvalue weighted by Crippen LogP contribution is -2.57. The Balaban J connectivity index is 1.22. The number of carbonyl (C=O) groups is 4. The highest BCUT2D eigenvalue weighted by atomic mass is 19.2. The van der Waals surface area contributed by atoms with Gasteiger partial charge < -0.3 is 41.7 Å². The molecule has 4 aromatic rings. The number of nitrogens with zero attached hydrogens (tertiary/aromatic N) is 5. The first kappa shape index (κ1) is 38.5. The first-order valence-corrected chi connectivity index (χ1v) is 17.2. The lowest BCUT2D eigenvalue weighted by molar-refractivity contribution is -0.140. The molecule has 0 spiro atoms. The molecular formula is C36H43F2N9O6. The Morgan fingerprint density at radius 1 is 1.00 bits per heavy atom. The van der Waals surface area contributed by atoms with Crippen LogP contribution in [-0.4, -0.2) is 105 Å². The maximum atomic E-state index is 14.9. The van der Waals surface area contributed by atoms with Gasteiger partial charge in [0, 0.05) is 61.8 Å². The predicted octanol–water partition coefficient (Wildman–Crippen LogP) is 2.83. The van der Waals surface area contributed by atoms with Gasteiger partial charge in [-0.2, -0.15) is 4.39 Å². The number of aryl methyl sites for hydroxylation is 1. The fraction of sp³-hybridized carbons (Fsp3) is 0.389. The van der Waals surface area contributed by atoms with E-state index >= 15 is 0 Å². The van der Waals surface area contributed by atoms with E-state index in [1.54, 1.807) is 40.6 Å². The molecule has 3 heterocycles. The van der Waals surface area contributed by atoms with Crippen LogP contribution in [0.3, 0.4) is 0 Å². The van der Waals surface area contributed by atoms with E-state index in [1.807, 2.05) is 0 Å². The third-order valence-electron chi connectivity index (χ3n) is 9.14. The van der Waals surface area contributed by atoms with Crippen LogP contribution < -0.4 is 26.8 Å². The minimum Gasteiger partial charge on any atom is -0.494 e. The zero-order valence-corrected chi connectivity index (χ0v) is 29.5. The topological polar surface area (TPSA) is 211 Å². The molecule has 0 saturated carbocycles. The maximum Gasteiger partial charge on any atom is 0.303 e. The molecule has 0 radical (unpaired) electrons. The van der Waals surface area contributed by atoms with Crippen molar-refractivity contribution in [2.45, 2.75) is 51.1 Å². The molecule has 1 aliphatic rings. The van der Waals surface area contributed by atoms with Gasteiger partial charge in [0.1, 0.15) is 6.04 Å².